The minimum atomic E-state index is -0.226. The number of hydrogen-bond donors (Lipinski definition) is 0. The van der Waals surface area contributed by atoms with Gasteiger partial charge in [0.2, 0.25) is 0 Å². The molecule has 2 rings (SSSR count). The molecule has 0 amide bonds. The van der Waals surface area contributed by atoms with Gasteiger partial charge in [0.25, 0.3) is 0 Å². The number of rotatable bonds is 3. The third kappa shape index (κ3) is 2.70. The van der Waals surface area contributed by atoms with Crippen molar-refractivity contribution in [3.8, 4) is 5.75 Å². The standard InChI is InChI=1S/C15H14BrClO/c1-10-7-8-14(18-2)12(9-10)15(17)11-5-3-4-6-13(11)16/h3-9,15H,1-2H3. The predicted molar refractivity (Wildman–Crippen MR) is 79.6 cm³/mol. The fourth-order valence-corrected chi connectivity index (χ4v) is 2.91. The summed E-state index contributed by atoms with van der Waals surface area (Å²) < 4.78 is 6.39. The zero-order valence-electron chi connectivity index (χ0n) is 10.3. The van der Waals surface area contributed by atoms with Gasteiger partial charge < -0.3 is 4.74 Å². The molecule has 0 fully saturated rings. The number of alkyl halides is 1. The molecule has 2 aromatic carbocycles. The Bertz CT molecular complexity index is 554. The average Bonchev–Trinajstić information content (AvgIpc) is 2.38. The van der Waals surface area contributed by atoms with Crippen LogP contribution < -0.4 is 4.74 Å². The topological polar surface area (TPSA) is 9.23 Å². The summed E-state index contributed by atoms with van der Waals surface area (Å²) in [4.78, 5) is 0. The summed E-state index contributed by atoms with van der Waals surface area (Å²) in [7, 11) is 1.66. The average molecular weight is 326 g/mol. The Balaban J connectivity index is 2.48. The molecule has 0 saturated carbocycles. The summed E-state index contributed by atoms with van der Waals surface area (Å²) in [6.07, 6.45) is 0. The van der Waals surface area contributed by atoms with Crippen LogP contribution in [-0.4, -0.2) is 7.11 Å². The third-order valence-corrected chi connectivity index (χ3v) is 4.03. The summed E-state index contributed by atoms with van der Waals surface area (Å²) in [5.74, 6) is 0.816. The molecule has 0 aromatic heterocycles. The maximum atomic E-state index is 6.58. The Hall–Kier alpha value is -0.990. The molecule has 3 heteroatoms. The van der Waals surface area contributed by atoms with Crippen LogP contribution in [0, 0.1) is 6.92 Å². The second kappa shape index (κ2) is 5.77. The highest BCUT2D eigenvalue weighted by Gasteiger charge is 2.17. The van der Waals surface area contributed by atoms with E-state index in [0.717, 1.165) is 21.3 Å². The van der Waals surface area contributed by atoms with Crippen molar-refractivity contribution in [2.24, 2.45) is 0 Å². The minimum absolute atomic E-state index is 0.226. The van der Waals surface area contributed by atoms with E-state index in [-0.39, 0.29) is 5.38 Å². The van der Waals surface area contributed by atoms with Crippen molar-refractivity contribution in [1.29, 1.82) is 0 Å². The van der Waals surface area contributed by atoms with Crippen LogP contribution in [0.5, 0.6) is 5.75 Å². The van der Waals surface area contributed by atoms with E-state index >= 15 is 0 Å². The smallest absolute Gasteiger partial charge is 0.123 e. The van der Waals surface area contributed by atoms with Crippen molar-refractivity contribution >= 4 is 27.5 Å². The zero-order chi connectivity index (χ0) is 13.1. The monoisotopic (exact) mass is 324 g/mol. The van der Waals surface area contributed by atoms with Crippen molar-refractivity contribution in [1.82, 2.24) is 0 Å². The highest BCUT2D eigenvalue weighted by molar-refractivity contribution is 9.10. The molecule has 1 unspecified atom stereocenters. The van der Waals surface area contributed by atoms with Crippen LogP contribution in [0.2, 0.25) is 0 Å². The molecule has 0 bridgehead atoms. The third-order valence-electron chi connectivity index (χ3n) is 2.84. The minimum Gasteiger partial charge on any atom is -0.496 e. The first kappa shape index (κ1) is 13.4. The van der Waals surface area contributed by atoms with Gasteiger partial charge in [-0.05, 0) is 24.6 Å². The van der Waals surface area contributed by atoms with Crippen molar-refractivity contribution < 1.29 is 4.74 Å². The molecule has 0 aliphatic heterocycles. The lowest BCUT2D eigenvalue weighted by atomic mass is 10.0. The fraction of sp³-hybridized carbons (Fsp3) is 0.200. The SMILES string of the molecule is COc1ccc(C)cc1C(Cl)c1ccccc1Br. The van der Waals surface area contributed by atoms with Gasteiger partial charge in [-0.25, -0.2) is 0 Å². The molecule has 0 N–H and O–H groups in total. The Labute approximate surface area is 121 Å². The van der Waals surface area contributed by atoms with E-state index in [9.17, 15) is 0 Å². The lowest BCUT2D eigenvalue weighted by Gasteiger charge is -2.16. The molecule has 94 valence electrons. The van der Waals surface area contributed by atoms with Gasteiger partial charge in [-0.3, -0.25) is 0 Å². The van der Waals surface area contributed by atoms with E-state index in [1.54, 1.807) is 7.11 Å². The molecular weight excluding hydrogens is 312 g/mol. The second-order valence-corrected chi connectivity index (χ2v) is 5.42. The highest BCUT2D eigenvalue weighted by atomic mass is 79.9. The van der Waals surface area contributed by atoms with Crippen molar-refractivity contribution in [2.75, 3.05) is 7.11 Å². The van der Waals surface area contributed by atoms with Crippen LogP contribution >= 0.6 is 27.5 Å². The summed E-state index contributed by atoms with van der Waals surface area (Å²) in [5.41, 5.74) is 3.21. The summed E-state index contributed by atoms with van der Waals surface area (Å²) in [6.45, 7) is 2.05. The fourth-order valence-electron chi connectivity index (χ4n) is 1.90. The molecule has 0 heterocycles. The first-order chi connectivity index (χ1) is 8.63. The zero-order valence-corrected chi connectivity index (χ0v) is 12.6. The number of aryl methyl sites for hydroxylation is 1. The first-order valence-corrected chi connectivity index (χ1v) is 6.89. The van der Waals surface area contributed by atoms with Crippen LogP contribution in [0.25, 0.3) is 0 Å². The maximum Gasteiger partial charge on any atom is 0.123 e. The lowest BCUT2D eigenvalue weighted by Crippen LogP contribution is -1.99. The largest absolute Gasteiger partial charge is 0.496 e. The van der Waals surface area contributed by atoms with Crippen LogP contribution in [0.3, 0.4) is 0 Å². The summed E-state index contributed by atoms with van der Waals surface area (Å²) in [5, 5.41) is -0.226. The number of ether oxygens (including phenoxy) is 1. The van der Waals surface area contributed by atoms with Crippen LogP contribution in [0.15, 0.2) is 46.9 Å². The van der Waals surface area contributed by atoms with Gasteiger partial charge in [-0.1, -0.05) is 51.8 Å². The Morgan fingerprint density at radius 2 is 1.83 bits per heavy atom. The van der Waals surface area contributed by atoms with Crippen molar-refractivity contribution in [2.45, 2.75) is 12.3 Å². The molecule has 0 aliphatic carbocycles. The summed E-state index contributed by atoms with van der Waals surface area (Å²) in [6, 6.07) is 14.0. The van der Waals surface area contributed by atoms with E-state index in [1.165, 1.54) is 5.56 Å². The second-order valence-electron chi connectivity index (χ2n) is 4.13. The molecular formula is C15H14BrClO. The van der Waals surface area contributed by atoms with Gasteiger partial charge in [0.15, 0.2) is 0 Å². The highest BCUT2D eigenvalue weighted by Crippen LogP contribution is 2.38. The molecule has 2 aromatic rings. The molecule has 0 radical (unpaired) electrons. The Morgan fingerprint density at radius 3 is 2.50 bits per heavy atom. The molecule has 18 heavy (non-hydrogen) atoms. The van der Waals surface area contributed by atoms with E-state index in [4.69, 9.17) is 16.3 Å². The first-order valence-electron chi connectivity index (χ1n) is 5.66. The van der Waals surface area contributed by atoms with Crippen molar-refractivity contribution in [3.63, 3.8) is 0 Å². The van der Waals surface area contributed by atoms with E-state index in [0.29, 0.717) is 0 Å². The quantitative estimate of drug-likeness (QED) is 0.714. The van der Waals surface area contributed by atoms with E-state index in [2.05, 4.69) is 22.0 Å². The van der Waals surface area contributed by atoms with Gasteiger partial charge in [0.1, 0.15) is 5.75 Å². The molecule has 0 aliphatic rings. The van der Waals surface area contributed by atoms with Crippen LogP contribution in [0.1, 0.15) is 22.1 Å². The number of halogens is 2. The van der Waals surface area contributed by atoms with Crippen LogP contribution in [0.4, 0.5) is 0 Å². The number of benzene rings is 2. The Kier molecular flexibility index (Phi) is 4.31. The van der Waals surface area contributed by atoms with Gasteiger partial charge in [-0.2, -0.15) is 0 Å². The molecule has 0 saturated heterocycles. The molecule has 0 spiro atoms. The molecule has 1 atom stereocenters. The normalized spacial score (nSPS) is 12.2. The maximum absolute atomic E-state index is 6.58. The van der Waals surface area contributed by atoms with Gasteiger partial charge in [0, 0.05) is 10.0 Å². The lowest BCUT2D eigenvalue weighted by molar-refractivity contribution is 0.410. The van der Waals surface area contributed by atoms with Crippen LogP contribution in [-0.2, 0) is 0 Å². The number of hydrogen-bond acceptors (Lipinski definition) is 1. The Morgan fingerprint density at radius 1 is 1.11 bits per heavy atom. The molecule has 1 nitrogen and oxygen atoms in total. The van der Waals surface area contributed by atoms with Crippen molar-refractivity contribution in [3.05, 3.63) is 63.6 Å². The van der Waals surface area contributed by atoms with E-state index < -0.39 is 0 Å². The van der Waals surface area contributed by atoms with E-state index in [1.807, 2.05) is 43.3 Å². The predicted octanol–water partition coefficient (Wildman–Crippen LogP) is 5.09. The number of methoxy groups -OCH3 is 1. The van der Waals surface area contributed by atoms with Gasteiger partial charge in [0.05, 0.1) is 12.5 Å². The van der Waals surface area contributed by atoms with Gasteiger partial charge >= 0.3 is 0 Å². The summed E-state index contributed by atoms with van der Waals surface area (Å²) >= 11 is 10.1. The van der Waals surface area contributed by atoms with Gasteiger partial charge in [-0.15, -0.1) is 11.6 Å².